The molecule has 0 aliphatic rings. The average molecular weight is 606 g/mol. The van der Waals surface area contributed by atoms with E-state index in [4.69, 9.17) is 17.0 Å². The van der Waals surface area contributed by atoms with Gasteiger partial charge in [0.05, 0.1) is 15.9 Å². The minimum Gasteiger partial charge on any atom is -0.506 e. The van der Waals surface area contributed by atoms with Crippen molar-refractivity contribution in [3.63, 3.8) is 0 Å². The molecule has 1 aromatic heterocycles. The van der Waals surface area contributed by atoms with Crippen LogP contribution in [0.4, 0.5) is 0 Å². The summed E-state index contributed by atoms with van der Waals surface area (Å²) in [6.45, 7) is 3.95. The summed E-state index contributed by atoms with van der Waals surface area (Å²) in [7, 11) is 0. The van der Waals surface area contributed by atoms with Crippen molar-refractivity contribution in [2.45, 2.75) is 20.0 Å². The average Bonchev–Trinajstić information content (AvgIpc) is 2.97. The van der Waals surface area contributed by atoms with E-state index in [1.807, 2.05) is 50.2 Å². The molecule has 0 bridgehead atoms. The molecule has 0 atom stereocenters. The second-order valence-corrected chi connectivity index (χ2v) is 8.72. The number of aromatic nitrogens is 3. The molecular weight excluding hydrogens is 590 g/mol. The van der Waals surface area contributed by atoms with Crippen LogP contribution < -0.4 is 4.74 Å². The number of nitrogens with zero attached hydrogens (tertiary/aromatic N) is 3. The Morgan fingerprint density at radius 2 is 2.07 bits per heavy atom. The maximum atomic E-state index is 10.2. The van der Waals surface area contributed by atoms with Gasteiger partial charge in [0.2, 0.25) is 4.77 Å². The smallest absolute Gasteiger partial charge is 0.216 e. The largest absolute Gasteiger partial charge is 0.506 e. The van der Waals surface area contributed by atoms with Crippen molar-refractivity contribution in [2.75, 3.05) is 0 Å². The second kappa shape index (κ2) is 8.69. The maximum Gasteiger partial charge on any atom is 0.216 e. The van der Waals surface area contributed by atoms with Crippen LogP contribution in [0, 0.1) is 11.9 Å². The first kappa shape index (κ1) is 20.3. The summed E-state index contributed by atoms with van der Waals surface area (Å²) < 4.78 is 9.39. The van der Waals surface area contributed by atoms with Gasteiger partial charge in [-0.1, -0.05) is 12.1 Å². The lowest BCUT2D eigenvalue weighted by Crippen LogP contribution is -2.05. The number of benzene rings is 2. The van der Waals surface area contributed by atoms with Crippen LogP contribution in [0.15, 0.2) is 41.5 Å². The van der Waals surface area contributed by atoms with E-state index in [0.29, 0.717) is 16.2 Å². The number of halogens is 2. The van der Waals surface area contributed by atoms with Crippen LogP contribution in [-0.2, 0) is 0 Å². The van der Waals surface area contributed by atoms with Crippen LogP contribution >= 0.6 is 57.4 Å². The van der Waals surface area contributed by atoms with Crippen LogP contribution in [0.5, 0.6) is 11.5 Å². The van der Waals surface area contributed by atoms with Gasteiger partial charge >= 0.3 is 0 Å². The molecular formula is C18H16I2N4O2S. The molecule has 140 valence electrons. The molecule has 0 saturated heterocycles. The molecule has 6 nitrogen and oxygen atoms in total. The Morgan fingerprint density at radius 3 is 2.81 bits per heavy atom. The molecule has 3 rings (SSSR count). The molecule has 0 amide bonds. The fraction of sp³-hybridized carbons (Fsp3) is 0.167. The Labute approximate surface area is 188 Å². The van der Waals surface area contributed by atoms with E-state index in [-0.39, 0.29) is 11.9 Å². The number of aromatic hydroxyl groups is 1. The van der Waals surface area contributed by atoms with Crippen molar-refractivity contribution in [1.29, 1.82) is 0 Å². The van der Waals surface area contributed by atoms with Crippen LogP contribution in [0.3, 0.4) is 0 Å². The third kappa shape index (κ3) is 4.88. The highest BCUT2D eigenvalue weighted by atomic mass is 127. The van der Waals surface area contributed by atoms with Gasteiger partial charge in [-0.05, 0) is 95.5 Å². The third-order valence-electron chi connectivity index (χ3n) is 3.48. The third-order valence-corrected chi connectivity index (χ3v) is 5.19. The number of phenolic OH excluding ortho intramolecular Hbond substituents is 1. The number of rotatable bonds is 5. The molecule has 3 aromatic rings. The van der Waals surface area contributed by atoms with Gasteiger partial charge < -0.3 is 9.84 Å². The monoisotopic (exact) mass is 606 g/mol. The summed E-state index contributed by atoms with van der Waals surface area (Å²) in [5.41, 5.74) is 1.43. The highest BCUT2D eigenvalue weighted by molar-refractivity contribution is 14.1. The highest BCUT2D eigenvalue weighted by Gasteiger charge is 2.11. The van der Waals surface area contributed by atoms with E-state index in [2.05, 4.69) is 60.5 Å². The van der Waals surface area contributed by atoms with E-state index >= 15 is 0 Å². The fourth-order valence-corrected chi connectivity index (χ4v) is 4.44. The number of hydrogen-bond acceptors (Lipinski definition) is 5. The van der Waals surface area contributed by atoms with Crippen LogP contribution in [-0.4, -0.2) is 32.3 Å². The van der Waals surface area contributed by atoms with Gasteiger partial charge in [0.1, 0.15) is 11.5 Å². The first-order valence-corrected chi connectivity index (χ1v) is 10.6. The van der Waals surface area contributed by atoms with Crippen LogP contribution in [0.2, 0.25) is 0 Å². The first-order valence-electron chi connectivity index (χ1n) is 8.02. The molecule has 2 aromatic carbocycles. The van der Waals surface area contributed by atoms with Gasteiger partial charge in [0.25, 0.3) is 0 Å². The Bertz CT molecular complexity index is 1060. The summed E-state index contributed by atoms with van der Waals surface area (Å²) >= 11 is 9.60. The molecule has 9 heteroatoms. The lowest BCUT2D eigenvalue weighted by atomic mass is 10.2. The summed E-state index contributed by atoms with van der Waals surface area (Å²) in [6.07, 6.45) is 1.65. The Hall–Kier alpha value is -1.47. The normalized spacial score (nSPS) is 11.4. The van der Waals surface area contributed by atoms with E-state index in [0.717, 1.165) is 18.5 Å². The predicted molar refractivity (Wildman–Crippen MR) is 125 cm³/mol. The molecule has 0 fully saturated rings. The van der Waals surface area contributed by atoms with Crippen LogP contribution in [0.25, 0.3) is 11.4 Å². The Balaban J connectivity index is 2.00. The molecule has 0 radical (unpaired) electrons. The standard InChI is InChI=1S/C18H16I2N4O2S/c1-10(2)26-14-5-3-4-11(7-14)17-22-23-18(27)24(17)21-9-12-6-13(19)8-15(20)16(12)25/h3-10,25H,1-2H3,(H,23,27)/b21-9+. The van der Waals surface area contributed by atoms with Crippen LogP contribution in [0.1, 0.15) is 19.4 Å². The molecule has 0 saturated carbocycles. The predicted octanol–water partition coefficient (Wildman–Crippen LogP) is 5.19. The fourth-order valence-electron chi connectivity index (χ4n) is 2.37. The SMILES string of the molecule is CC(C)Oc1cccc(-c2n[nH]c(=S)n2/N=C/c2cc(I)cc(I)c2O)c1. The van der Waals surface area contributed by atoms with E-state index in [1.165, 1.54) is 4.68 Å². The van der Waals surface area contributed by atoms with Crippen molar-refractivity contribution in [1.82, 2.24) is 14.9 Å². The topological polar surface area (TPSA) is 75.4 Å². The van der Waals surface area contributed by atoms with Gasteiger partial charge in [-0.25, -0.2) is 5.10 Å². The summed E-state index contributed by atoms with van der Waals surface area (Å²) in [5, 5.41) is 21.7. The summed E-state index contributed by atoms with van der Waals surface area (Å²) in [6, 6.07) is 11.3. The molecule has 27 heavy (non-hydrogen) atoms. The van der Waals surface area contributed by atoms with Gasteiger partial charge in [-0.15, -0.1) is 0 Å². The van der Waals surface area contributed by atoms with Crippen molar-refractivity contribution in [2.24, 2.45) is 5.10 Å². The Morgan fingerprint density at radius 1 is 1.30 bits per heavy atom. The van der Waals surface area contributed by atoms with Crippen molar-refractivity contribution in [3.05, 3.63) is 53.9 Å². The minimum absolute atomic E-state index is 0.0742. The number of aromatic amines is 1. The quantitative estimate of drug-likeness (QED) is 0.238. The zero-order valence-corrected chi connectivity index (χ0v) is 19.6. The minimum atomic E-state index is 0.0742. The van der Waals surface area contributed by atoms with Gasteiger partial charge in [-0.3, -0.25) is 0 Å². The zero-order valence-electron chi connectivity index (χ0n) is 14.5. The number of hydrogen-bond donors (Lipinski definition) is 2. The molecule has 0 unspecified atom stereocenters. The number of phenols is 1. The Kier molecular flexibility index (Phi) is 6.52. The van der Waals surface area contributed by atoms with E-state index in [1.54, 1.807) is 6.21 Å². The highest BCUT2D eigenvalue weighted by Crippen LogP contribution is 2.26. The first-order chi connectivity index (χ1) is 12.8. The van der Waals surface area contributed by atoms with Gasteiger partial charge in [-0.2, -0.15) is 14.9 Å². The zero-order chi connectivity index (χ0) is 19.6. The van der Waals surface area contributed by atoms with E-state index in [9.17, 15) is 5.11 Å². The lowest BCUT2D eigenvalue weighted by Gasteiger charge is -2.10. The van der Waals surface area contributed by atoms with E-state index < -0.39 is 0 Å². The molecule has 1 heterocycles. The molecule has 2 N–H and O–H groups in total. The van der Waals surface area contributed by atoms with Crippen molar-refractivity contribution < 1.29 is 9.84 Å². The molecule has 0 aliphatic carbocycles. The van der Waals surface area contributed by atoms with Crippen molar-refractivity contribution in [3.8, 4) is 22.9 Å². The summed E-state index contributed by atoms with van der Waals surface area (Å²) in [5.74, 6) is 1.49. The molecule has 0 aliphatic heterocycles. The lowest BCUT2D eigenvalue weighted by molar-refractivity contribution is 0.242. The number of H-pyrrole nitrogens is 1. The number of ether oxygens (including phenoxy) is 1. The van der Waals surface area contributed by atoms with Gasteiger partial charge in [0, 0.05) is 14.7 Å². The number of nitrogens with one attached hydrogen (secondary N) is 1. The summed E-state index contributed by atoms with van der Waals surface area (Å²) in [4.78, 5) is 0. The maximum absolute atomic E-state index is 10.2. The van der Waals surface area contributed by atoms with Gasteiger partial charge in [0.15, 0.2) is 5.82 Å². The molecule has 0 spiro atoms. The van der Waals surface area contributed by atoms with Crippen molar-refractivity contribution >= 4 is 63.6 Å². The second-order valence-electron chi connectivity index (χ2n) is 5.93.